The normalized spacial score (nSPS) is 19.8. The second kappa shape index (κ2) is 5.82. The van der Waals surface area contributed by atoms with Gasteiger partial charge >= 0.3 is 0 Å². The molecule has 5 heteroatoms. The second-order valence-corrected chi connectivity index (χ2v) is 4.64. The van der Waals surface area contributed by atoms with Gasteiger partial charge in [0.05, 0.1) is 0 Å². The number of carbonyl (C=O) groups is 1. The van der Waals surface area contributed by atoms with Crippen LogP contribution in [0.2, 0.25) is 0 Å². The molecular weight excluding hydrogens is 228 g/mol. The van der Waals surface area contributed by atoms with E-state index in [1.165, 1.54) is 6.42 Å². The number of likely N-dealkylation sites (N-methyl/N-ethyl adjacent to an activating group) is 1. The molecule has 1 saturated heterocycles. The Bertz CT molecular complexity index is 421. The Kier molecular flexibility index (Phi) is 4.15. The van der Waals surface area contributed by atoms with Gasteiger partial charge in [0, 0.05) is 19.6 Å². The topological polar surface area (TPSA) is 57.3 Å². The van der Waals surface area contributed by atoms with Crippen LogP contribution in [0.25, 0.3) is 0 Å². The summed E-state index contributed by atoms with van der Waals surface area (Å²) in [5, 5.41) is 5.88. The number of carbonyl (C=O) groups excluding carboxylic acids is 1. The molecule has 2 rings (SSSR count). The molecule has 1 aromatic heterocycles. The average Bonchev–Trinajstić information content (AvgIpc) is 2.81. The molecule has 1 atom stereocenters. The smallest absolute Gasteiger partial charge is 0.270 e. The predicted octanol–water partition coefficient (Wildman–Crippen LogP) is 0.947. The summed E-state index contributed by atoms with van der Waals surface area (Å²) >= 11 is 0. The molecule has 0 bridgehead atoms. The third kappa shape index (κ3) is 2.98. The van der Waals surface area contributed by atoms with E-state index in [0.29, 0.717) is 24.1 Å². The number of hydrogen-bond acceptors (Lipinski definition) is 4. The zero-order valence-corrected chi connectivity index (χ0v) is 10.9. The Balaban J connectivity index is 1.90. The molecule has 1 unspecified atom stereocenters. The first kappa shape index (κ1) is 12.8. The van der Waals surface area contributed by atoms with Gasteiger partial charge in [0.2, 0.25) is 0 Å². The van der Waals surface area contributed by atoms with Crippen LogP contribution in [0.1, 0.15) is 23.3 Å². The Morgan fingerprint density at radius 3 is 3.06 bits per heavy atom. The summed E-state index contributed by atoms with van der Waals surface area (Å²) in [4.78, 5) is 18.5. The number of pyridine rings is 1. The number of hydrogen-bond donors (Lipinski definition) is 2. The van der Waals surface area contributed by atoms with E-state index in [1.54, 1.807) is 13.1 Å². The lowest BCUT2D eigenvalue weighted by molar-refractivity contribution is 0.0939. The van der Waals surface area contributed by atoms with Gasteiger partial charge < -0.3 is 15.5 Å². The van der Waals surface area contributed by atoms with Gasteiger partial charge in [-0.3, -0.25) is 4.79 Å². The monoisotopic (exact) mass is 248 g/mol. The first-order chi connectivity index (χ1) is 8.70. The van der Waals surface area contributed by atoms with Crippen LogP contribution < -0.4 is 10.6 Å². The van der Waals surface area contributed by atoms with Crippen molar-refractivity contribution in [3.05, 3.63) is 23.9 Å². The third-order valence-corrected chi connectivity index (χ3v) is 3.41. The van der Waals surface area contributed by atoms with Gasteiger partial charge in [-0.2, -0.15) is 0 Å². The first-order valence-electron chi connectivity index (χ1n) is 6.34. The second-order valence-electron chi connectivity index (χ2n) is 4.64. The van der Waals surface area contributed by atoms with Crippen molar-refractivity contribution in [3.8, 4) is 0 Å². The minimum atomic E-state index is -0.104. The van der Waals surface area contributed by atoms with E-state index >= 15 is 0 Å². The predicted molar refractivity (Wildman–Crippen MR) is 71.8 cm³/mol. The number of nitrogens with one attached hydrogen (secondary N) is 2. The lowest BCUT2D eigenvalue weighted by Gasteiger charge is -2.19. The molecule has 1 aliphatic rings. The van der Waals surface area contributed by atoms with Crippen LogP contribution >= 0.6 is 0 Å². The molecule has 2 heterocycles. The maximum Gasteiger partial charge on any atom is 0.270 e. The minimum absolute atomic E-state index is 0.104. The van der Waals surface area contributed by atoms with Gasteiger partial charge in [0.1, 0.15) is 11.5 Å². The van der Waals surface area contributed by atoms with E-state index in [9.17, 15) is 4.79 Å². The van der Waals surface area contributed by atoms with Crippen LogP contribution in [-0.2, 0) is 0 Å². The lowest BCUT2D eigenvalue weighted by Crippen LogP contribution is -2.38. The van der Waals surface area contributed by atoms with Gasteiger partial charge in [-0.25, -0.2) is 4.98 Å². The molecule has 5 nitrogen and oxygen atoms in total. The summed E-state index contributed by atoms with van der Waals surface area (Å²) in [5.74, 6) is 0.605. The van der Waals surface area contributed by atoms with Crippen LogP contribution in [0.5, 0.6) is 0 Å². The van der Waals surface area contributed by atoms with E-state index in [-0.39, 0.29) is 5.91 Å². The Morgan fingerprint density at radius 1 is 1.56 bits per heavy atom. The highest BCUT2D eigenvalue weighted by atomic mass is 16.1. The van der Waals surface area contributed by atoms with E-state index in [4.69, 9.17) is 0 Å². The molecule has 98 valence electrons. The van der Waals surface area contributed by atoms with Crippen molar-refractivity contribution in [1.82, 2.24) is 15.2 Å². The molecule has 1 aromatic rings. The van der Waals surface area contributed by atoms with E-state index in [0.717, 1.165) is 13.0 Å². The van der Waals surface area contributed by atoms with Crippen LogP contribution in [0.15, 0.2) is 18.2 Å². The summed E-state index contributed by atoms with van der Waals surface area (Å²) in [5.41, 5.74) is 0.461. The van der Waals surface area contributed by atoms with Crippen LogP contribution in [-0.4, -0.2) is 49.0 Å². The molecule has 2 N–H and O–H groups in total. The van der Waals surface area contributed by atoms with Gasteiger partial charge in [-0.15, -0.1) is 0 Å². The van der Waals surface area contributed by atoms with Gasteiger partial charge in [0.15, 0.2) is 0 Å². The largest absolute Gasteiger partial charge is 0.373 e. The van der Waals surface area contributed by atoms with Crippen molar-refractivity contribution in [2.75, 3.05) is 32.5 Å². The molecule has 1 aliphatic heterocycles. The highest BCUT2D eigenvalue weighted by molar-refractivity contribution is 5.92. The van der Waals surface area contributed by atoms with Crippen molar-refractivity contribution < 1.29 is 4.79 Å². The number of aromatic nitrogens is 1. The fraction of sp³-hybridized carbons (Fsp3) is 0.538. The maximum atomic E-state index is 12.0. The van der Waals surface area contributed by atoms with Crippen molar-refractivity contribution in [3.63, 3.8) is 0 Å². The highest BCUT2D eigenvalue weighted by Crippen LogP contribution is 2.13. The zero-order valence-electron chi connectivity index (χ0n) is 10.9. The summed E-state index contributed by atoms with van der Waals surface area (Å²) < 4.78 is 0. The van der Waals surface area contributed by atoms with E-state index < -0.39 is 0 Å². The molecule has 1 amide bonds. The molecule has 0 spiro atoms. The first-order valence-corrected chi connectivity index (χ1v) is 6.34. The van der Waals surface area contributed by atoms with Gasteiger partial charge in [-0.1, -0.05) is 6.07 Å². The molecule has 1 fully saturated rings. The Labute approximate surface area is 108 Å². The molecule has 0 saturated carbocycles. The fourth-order valence-corrected chi connectivity index (χ4v) is 2.24. The van der Waals surface area contributed by atoms with Gasteiger partial charge in [0.25, 0.3) is 5.91 Å². The van der Waals surface area contributed by atoms with E-state index in [2.05, 4.69) is 27.6 Å². The lowest BCUT2D eigenvalue weighted by atomic mass is 10.2. The SMILES string of the molecule is CNc1cccc(C(=O)NCC2CCCN2C)n1. The van der Waals surface area contributed by atoms with Gasteiger partial charge in [-0.05, 0) is 38.6 Å². The number of amides is 1. The van der Waals surface area contributed by atoms with Crippen LogP contribution in [0.4, 0.5) is 5.82 Å². The van der Waals surface area contributed by atoms with Crippen molar-refractivity contribution in [2.24, 2.45) is 0 Å². The summed E-state index contributed by atoms with van der Waals surface area (Å²) in [6.45, 7) is 1.81. The van der Waals surface area contributed by atoms with E-state index in [1.807, 2.05) is 12.1 Å². The summed E-state index contributed by atoms with van der Waals surface area (Å²) in [6.07, 6.45) is 2.37. The van der Waals surface area contributed by atoms with Crippen LogP contribution in [0.3, 0.4) is 0 Å². The Hall–Kier alpha value is -1.62. The quantitative estimate of drug-likeness (QED) is 0.833. The molecule has 0 aromatic carbocycles. The maximum absolute atomic E-state index is 12.0. The van der Waals surface area contributed by atoms with Crippen molar-refractivity contribution in [2.45, 2.75) is 18.9 Å². The molecule has 0 aliphatic carbocycles. The number of likely N-dealkylation sites (tertiary alicyclic amines) is 1. The standard InChI is InChI=1S/C13H20N4O/c1-14-12-7-3-6-11(16-12)13(18)15-9-10-5-4-8-17(10)2/h3,6-7,10H,4-5,8-9H2,1-2H3,(H,14,16)(H,15,18). The number of nitrogens with zero attached hydrogens (tertiary/aromatic N) is 2. The van der Waals surface area contributed by atoms with Crippen LogP contribution in [0, 0.1) is 0 Å². The molecule has 18 heavy (non-hydrogen) atoms. The average molecular weight is 248 g/mol. The number of rotatable bonds is 4. The minimum Gasteiger partial charge on any atom is -0.373 e. The van der Waals surface area contributed by atoms with Crippen molar-refractivity contribution >= 4 is 11.7 Å². The molecular formula is C13H20N4O. The fourth-order valence-electron chi connectivity index (χ4n) is 2.24. The number of anilines is 1. The third-order valence-electron chi connectivity index (χ3n) is 3.41. The molecule has 0 radical (unpaired) electrons. The summed E-state index contributed by atoms with van der Waals surface area (Å²) in [6, 6.07) is 5.85. The Morgan fingerprint density at radius 2 is 2.39 bits per heavy atom. The summed E-state index contributed by atoms with van der Waals surface area (Å²) in [7, 11) is 3.89. The highest BCUT2D eigenvalue weighted by Gasteiger charge is 2.21. The zero-order chi connectivity index (χ0) is 13.0. The van der Waals surface area contributed by atoms with Crippen molar-refractivity contribution in [1.29, 1.82) is 0 Å².